The minimum Gasteiger partial charge on any atom is -0.358 e. The van der Waals surface area contributed by atoms with Crippen LogP contribution in [0.15, 0.2) is 53.0 Å². The minimum absolute atomic E-state index is 0.101. The molecule has 0 unspecified atom stereocenters. The van der Waals surface area contributed by atoms with E-state index in [0.717, 1.165) is 57.9 Å². The van der Waals surface area contributed by atoms with Gasteiger partial charge in [-0.2, -0.15) is 0 Å². The van der Waals surface area contributed by atoms with Crippen LogP contribution < -0.4 is 10.6 Å². The van der Waals surface area contributed by atoms with Gasteiger partial charge in [-0.3, -0.25) is 9.59 Å². The number of aromatic nitrogens is 1. The first kappa shape index (κ1) is 22.6. The van der Waals surface area contributed by atoms with Crippen molar-refractivity contribution in [2.75, 3.05) is 31.5 Å². The van der Waals surface area contributed by atoms with Gasteiger partial charge in [-0.15, -0.1) is 0 Å². The van der Waals surface area contributed by atoms with Gasteiger partial charge in [-0.1, -0.05) is 46.3 Å². The number of fused-ring (bicyclic) bond motifs is 1. The quantitative estimate of drug-likeness (QED) is 0.398. The fourth-order valence-electron chi connectivity index (χ4n) is 4.82. The molecule has 3 aromatic rings. The first-order chi connectivity index (χ1) is 16.5. The Kier molecular flexibility index (Phi) is 6.39. The van der Waals surface area contributed by atoms with Crippen LogP contribution in [0.5, 0.6) is 0 Å². The minimum atomic E-state index is -0.157. The molecule has 0 atom stereocenters. The summed E-state index contributed by atoms with van der Waals surface area (Å²) in [5.74, 6) is -0.258. The van der Waals surface area contributed by atoms with Gasteiger partial charge in [-0.05, 0) is 62.7 Å². The maximum atomic E-state index is 13.3. The fraction of sp³-hybridized carbons (Fsp3) is 0.259. The Balaban J connectivity index is 1.52. The van der Waals surface area contributed by atoms with Crippen LogP contribution in [-0.4, -0.2) is 47.9 Å². The van der Waals surface area contributed by atoms with E-state index in [0.29, 0.717) is 17.7 Å². The molecule has 5 rings (SSSR count). The molecule has 1 saturated heterocycles. The Labute approximate surface area is 207 Å². The fourth-order valence-corrected chi connectivity index (χ4v) is 5.18. The van der Waals surface area contributed by atoms with Crippen molar-refractivity contribution in [1.82, 2.24) is 15.2 Å². The molecule has 0 radical (unpaired) electrons. The molecule has 1 aromatic heterocycles. The van der Waals surface area contributed by atoms with Crippen LogP contribution in [0.1, 0.15) is 40.2 Å². The molecule has 2 aromatic carbocycles. The maximum Gasteiger partial charge on any atom is 0.256 e. The van der Waals surface area contributed by atoms with Gasteiger partial charge in [0.15, 0.2) is 0 Å². The van der Waals surface area contributed by atoms with Crippen molar-refractivity contribution in [2.24, 2.45) is 0 Å². The van der Waals surface area contributed by atoms with E-state index in [-0.39, 0.29) is 11.8 Å². The summed E-state index contributed by atoms with van der Waals surface area (Å²) in [5.41, 5.74) is 6.05. The molecule has 2 amide bonds. The van der Waals surface area contributed by atoms with Crippen LogP contribution in [0.4, 0.5) is 5.69 Å². The van der Waals surface area contributed by atoms with E-state index >= 15 is 0 Å². The second kappa shape index (κ2) is 9.60. The number of carbonyl (C=O) groups excluding carboxylic acids is 2. The predicted molar refractivity (Wildman–Crippen MR) is 140 cm³/mol. The van der Waals surface area contributed by atoms with Gasteiger partial charge in [0.05, 0.1) is 11.1 Å². The number of benzene rings is 2. The summed E-state index contributed by atoms with van der Waals surface area (Å²) in [6.45, 7) is 5.58. The number of likely N-dealkylation sites (tertiary alicyclic amines) is 1. The molecule has 34 heavy (non-hydrogen) atoms. The maximum absolute atomic E-state index is 13.3. The standard InChI is InChI=1S/C27H27BrN4O2/c1-17-24(27(34)29-11-14-32-12-5-6-13-32)25(18-7-3-2-4-8-18)23(30-17)16-21-20-15-19(28)9-10-22(20)31-26(21)33/h2-4,7-10,15-16,30H,5-6,11-14H2,1H3,(H,29,34)(H,31,33)/b21-16-. The highest BCUT2D eigenvalue weighted by atomic mass is 79.9. The third-order valence-corrected chi connectivity index (χ3v) is 6.96. The van der Waals surface area contributed by atoms with Gasteiger partial charge in [0.2, 0.25) is 0 Å². The highest BCUT2D eigenvalue weighted by molar-refractivity contribution is 9.10. The molecule has 6 nitrogen and oxygen atoms in total. The van der Waals surface area contributed by atoms with Crippen molar-refractivity contribution < 1.29 is 9.59 Å². The molecule has 174 valence electrons. The number of amides is 2. The van der Waals surface area contributed by atoms with Crippen molar-refractivity contribution >= 4 is 45.1 Å². The number of H-pyrrole nitrogens is 1. The zero-order chi connectivity index (χ0) is 23.7. The predicted octanol–water partition coefficient (Wildman–Crippen LogP) is 5.07. The van der Waals surface area contributed by atoms with Crippen molar-refractivity contribution in [3.8, 4) is 11.1 Å². The zero-order valence-corrected chi connectivity index (χ0v) is 20.7. The van der Waals surface area contributed by atoms with Gasteiger partial charge in [0.1, 0.15) is 0 Å². The molecule has 2 aliphatic rings. The lowest BCUT2D eigenvalue weighted by molar-refractivity contribution is -0.110. The van der Waals surface area contributed by atoms with Crippen molar-refractivity contribution in [1.29, 1.82) is 0 Å². The molecule has 7 heteroatoms. The highest BCUT2D eigenvalue weighted by Gasteiger charge is 2.27. The van der Waals surface area contributed by atoms with Crippen molar-refractivity contribution in [3.05, 3.63) is 75.5 Å². The number of nitrogens with one attached hydrogen (secondary N) is 3. The van der Waals surface area contributed by atoms with Crippen LogP contribution in [0, 0.1) is 6.92 Å². The topological polar surface area (TPSA) is 77.2 Å². The largest absolute Gasteiger partial charge is 0.358 e. The van der Waals surface area contributed by atoms with Crippen molar-refractivity contribution in [2.45, 2.75) is 19.8 Å². The van der Waals surface area contributed by atoms with Crippen LogP contribution in [0.2, 0.25) is 0 Å². The summed E-state index contributed by atoms with van der Waals surface area (Å²) in [6.07, 6.45) is 4.31. The molecular formula is C27H27BrN4O2. The Bertz CT molecular complexity index is 1270. The first-order valence-corrected chi connectivity index (χ1v) is 12.4. The van der Waals surface area contributed by atoms with Gasteiger partial charge >= 0.3 is 0 Å². The smallest absolute Gasteiger partial charge is 0.256 e. The number of hydrogen-bond donors (Lipinski definition) is 3. The Hall–Kier alpha value is -3.16. The summed E-state index contributed by atoms with van der Waals surface area (Å²) in [4.78, 5) is 31.9. The van der Waals surface area contributed by atoms with Gasteiger partial charge < -0.3 is 20.5 Å². The van der Waals surface area contributed by atoms with E-state index in [1.165, 1.54) is 12.8 Å². The summed E-state index contributed by atoms with van der Waals surface area (Å²) < 4.78 is 0.901. The Morgan fingerprint density at radius 2 is 1.91 bits per heavy atom. The second-order valence-electron chi connectivity index (χ2n) is 8.79. The van der Waals surface area contributed by atoms with Gasteiger partial charge in [0, 0.05) is 45.8 Å². The molecule has 0 saturated carbocycles. The van der Waals surface area contributed by atoms with Crippen LogP contribution in [-0.2, 0) is 4.79 Å². The van der Waals surface area contributed by atoms with E-state index in [1.54, 1.807) is 0 Å². The lowest BCUT2D eigenvalue weighted by Crippen LogP contribution is -2.33. The molecule has 0 bridgehead atoms. The number of hydrogen-bond acceptors (Lipinski definition) is 3. The van der Waals surface area contributed by atoms with E-state index in [1.807, 2.05) is 61.5 Å². The number of halogens is 1. The number of nitrogens with zero attached hydrogens (tertiary/aromatic N) is 1. The molecule has 2 aliphatic heterocycles. The summed E-state index contributed by atoms with van der Waals surface area (Å²) in [6, 6.07) is 15.6. The van der Waals surface area contributed by atoms with Gasteiger partial charge in [-0.25, -0.2) is 0 Å². The molecule has 0 spiro atoms. The number of aryl methyl sites for hydroxylation is 1. The lowest BCUT2D eigenvalue weighted by Gasteiger charge is -2.15. The molecular weight excluding hydrogens is 492 g/mol. The third kappa shape index (κ3) is 4.45. The summed E-state index contributed by atoms with van der Waals surface area (Å²) >= 11 is 3.50. The Morgan fingerprint density at radius 3 is 2.68 bits per heavy atom. The SMILES string of the molecule is Cc1[nH]c(/C=C2\C(=O)Nc3ccc(Br)cc32)c(-c2ccccc2)c1C(=O)NCCN1CCCC1. The summed E-state index contributed by atoms with van der Waals surface area (Å²) in [7, 11) is 0. The van der Waals surface area contributed by atoms with Crippen LogP contribution >= 0.6 is 15.9 Å². The van der Waals surface area contributed by atoms with E-state index in [4.69, 9.17) is 0 Å². The summed E-state index contributed by atoms with van der Waals surface area (Å²) in [5, 5.41) is 6.04. The molecule has 3 heterocycles. The zero-order valence-electron chi connectivity index (χ0n) is 19.1. The third-order valence-electron chi connectivity index (χ3n) is 6.47. The van der Waals surface area contributed by atoms with Gasteiger partial charge in [0.25, 0.3) is 11.8 Å². The monoisotopic (exact) mass is 518 g/mol. The second-order valence-corrected chi connectivity index (χ2v) is 9.70. The normalized spacial score (nSPS) is 16.6. The molecule has 0 aliphatic carbocycles. The Morgan fingerprint density at radius 1 is 1.15 bits per heavy atom. The number of anilines is 1. The number of aromatic amines is 1. The van der Waals surface area contributed by atoms with Crippen LogP contribution in [0.3, 0.4) is 0 Å². The lowest BCUT2D eigenvalue weighted by atomic mass is 9.97. The van der Waals surface area contributed by atoms with E-state index in [9.17, 15) is 9.59 Å². The molecule has 3 N–H and O–H groups in total. The molecule has 1 fully saturated rings. The first-order valence-electron chi connectivity index (χ1n) is 11.6. The average molecular weight is 519 g/mol. The number of rotatable bonds is 6. The highest BCUT2D eigenvalue weighted by Crippen LogP contribution is 2.38. The van der Waals surface area contributed by atoms with Crippen molar-refractivity contribution in [3.63, 3.8) is 0 Å². The van der Waals surface area contributed by atoms with E-state index < -0.39 is 0 Å². The average Bonchev–Trinajstić information content (AvgIpc) is 3.53. The number of carbonyl (C=O) groups is 2. The van der Waals surface area contributed by atoms with Crippen LogP contribution in [0.25, 0.3) is 22.8 Å². The van der Waals surface area contributed by atoms with E-state index in [2.05, 4.69) is 36.4 Å².